The molecule has 1 atom stereocenters. The Hall–Kier alpha value is -1.32. The second kappa shape index (κ2) is 10.6. The number of hydrogen-bond donors (Lipinski definition) is 2. The van der Waals surface area contributed by atoms with Crippen molar-refractivity contribution in [2.75, 3.05) is 20.6 Å². The van der Waals surface area contributed by atoms with E-state index in [-0.39, 0.29) is 47.9 Å². The van der Waals surface area contributed by atoms with E-state index in [0.29, 0.717) is 18.4 Å². The van der Waals surface area contributed by atoms with Crippen molar-refractivity contribution in [1.82, 2.24) is 20.5 Å². The number of carbonyl (C=O) groups excluding carboxylic acids is 1. The predicted octanol–water partition coefficient (Wildman–Crippen LogP) is 2.51. The van der Waals surface area contributed by atoms with Gasteiger partial charge in [-0.1, -0.05) is 27.7 Å². The maximum Gasteiger partial charge on any atom is 0.243 e. The molecular formula is C17H32IN5O2. The van der Waals surface area contributed by atoms with Crippen molar-refractivity contribution in [1.29, 1.82) is 0 Å². The van der Waals surface area contributed by atoms with E-state index in [0.717, 1.165) is 12.2 Å². The van der Waals surface area contributed by atoms with Gasteiger partial charge >= 0.3 is 0 Å². The van der Waals surface area contributed by atoms with E-state index in [1.165, 1.54) is 4.90 Å². The minimum Gasteiger partial charge on any atom is -0.443 e. The van der Waals surface area contributed by atoms with Gasteiger partial charge < -0.3 is 20.0 Å². The number of oxazole rings is 1. The average Bonchev–Trinajstić information content (AvgIpc) is 2.98. The highest BCUT2D eigenvalue weighted by atomic mass is 127. The summed E-state index contributed by atoms with van der Waals surface area (Å²) in [5.74, 6) is 1.97. The van der Waals surface area contributed by atoms with Crippen LogP contribution < -0.4 is 10.6 Å². The number of nitrogens with one attached hydrogen (secondary N) is 2. The second-order valence-corrected chi connectivity index (χ2v) is 7.13. The summed E-state index contributed by atoms with van der Waals surface area (Å²) in [4.78, 5) is 21.9. The van der Waals surface area contributed by atoms with E-state index < -0.39 is 0 Å². The van der Waals surface area contributed by atoms with E-state index in [1.54, 1.807) is 20.3 Å². The molecule has 0 aliphatic rings. The summed E-state index contributed by atoms with van der Waals surface area (Å²) in [6, 6.07) is 0.250. The SMILES string of the molecule is CCC(C)NC(=NCC(=O)N(C)C)NCc1ncc(C(C)(C)C)o1.I. The van der Waals surface area contributed by atoms with Crippen LogP contribution in [0.15, 0.2) is 15.6 Å². The third-order valence-electron chi connectivity index (χ3n) is 3.57. The second-order valence-electron chi connectivity index (χ2n) is 7.13. The average molecular weight is 465 g/mol. The Morgan fingerprint density at radius 2 is 2.04 bits per heavy atom. The first-order valence-electron chi connectivity index (χ1n) is 8.33. The van der Waals surface area contributed by atoms with E-state index in [4.69, 9.17) is 4.42 Å². The van der Waals surface area contributed by atoms with Gasteiger partial charge in [-0.05, 0) is 13.3 Å². The zero-order valence-corrected chi connectivity index (χ0v) is 18.7. The Balaban J connectivity index is 0.00000576. The summed E-state index contributed by atoms with van der Waals surface area (Å²) in [5.41, 5.74) is -0.0741. The van der Waals surface area contributed by atoms with Gasteiger partial charge in [-0.15, -0.1) is 24.0 Å². The summed E-state index contributed by atoms with van der Waals surface area (Å²) in [6.45, 7) is 10.9. The molecule has 1 rings (SSSR count). The van der Waals surface area contributed by atoms with Crippen molar-refractivity contribution in [3.05, 3.63) is 17.8 Å². The van der Waals surface area contributed by atoms with Crippen molar-refractivity contribution in [3.63, 3.8) is 0 Å². The lowest BCUT2D eigenvalue weighted by molar-refractivity contribution is -0.127. The Morgan fingerprint density at radius 1 is 1.40 bits per heavy atom. The molecule has 1 heterocycles. The van der Waals surface area contributed by atoms with Gasteiger partial charge in [-0.3, -0.25) is 4.79 Å². The van der Waals surface area contributed by atoms with Gasteiger partial charge in [0.25, 0.3) is 0 Å². The first kappa shape index (κ1) is 23.7. The Kier molecular flexibility index (Phi) is 10.1. The van der Waals surface area contributed by atoms with Crippen molar-refractivity contribution in [2.24, 2.45) is 4.99 Å². The minimum absolute atomic E-state index is 0. The van der Waals surface area contributed by atoms with Crippen LogP contribution in [-0.2, 0) is 16.8 Å². The molecule has 0 saturated heterocycles. The molecule has 8 heteroatoms. The molecule has 1 unspecified atom stereocenters. The van der Waals surface area contributed by atoms with Crippen molar-refractivity contribution in [3.8, 4) is 0 Å². The van der Waals surface area contributed by atoms with E-state index >= 15 is 0 Å². The summed E-state index contributed by atoms with van der Waals surface area (Å²) < 4.78 is 5.76. The standard InChI is InChI=1S/C17H31N5O2.HI/c1-8-12(2)21-16(20-11-15(23)22(6)7)19-10-14-18-9-13(24-14)17(3,4)5;/h9,12H,8,10-11H2,1-7H3,(H2,19,20,21);1H. The third-order valence-corrected chi connectivity index (χ3v) is 3.57. The highest BCUT2D eigenvalue weighted by Crippen LogP contribution is 2.22. The van der Waals surface area contributed by atoms with Gasteiger partial charge in [-0.2, -0.15) is 0 Å². The van der Waals surface area contributed by atoms with Crippen molar-refractivity contribution < 1.29 is 9.21 Å². The normalized spacial score (nSPS) is 13.0. The fourth-order valence-electron chi connectivity index (χ4n) is 1.67. The first-order chi connectivity index (χ1) is 11.1. The molecular weight excluding hydrogens is 433 g/mol. The highest BCUT2D eigenvalue weighted by Gasteiger charge is 2.19. The van der Waals surface area contributed by atoms with Gasteiger partial charge in [0.2, 0.25) is 11.8 Å². The molecule has 25 heavy (non-hydrogen) atoms. The topological polar surface area (TPSA) is 82.8 Å². The van der Waals surface area contributed by atoms with Crippen LogP contribution in [0.5, 0.6) is 0 Å². The van der Waals surface area contributed by atoms with Crippen molar-refractivity contribution >= 4 is 35.8 Å². The number of rotatable bonds is 6. The fraction of sp³-hybridized carbons (Fsp3) is 0.706. The molecule has 1 amide bonds. The van der Waals surface area contributed by atoms with Crippen LogP contribution in [-0.4, -0.2) is 48.4 Å². The number of amides is 1. The molecule has 0 saturated carbocycles. The van der Waals surface area contributed by atoms with Gasteiger partial charge in [-0.25, -0.2) is 9.98 Å². The molecule has 0 fully saturated rings. The molecule has 0 spiro atoms. The molecule has 0 radical (unpaired) electrons. The minimum atomic E-state index is -0.0741. The lowest BCUT2D eigenvalue weighted by Gasteiger charge is -2.17. The first-order valence-corrected chi connectivity index (χ1v) is 8.33. The monoisotopic (exact) mass is 465 g/mol. The molecule has 7 nitrogen and oxygen atoms in total. The summed E-state index contributed by atoms with van der Waals surface area (Å²) >= 11 is 0. The van der Waals surface area contributed by atoms with E-state index in [1.807, 2.05) is 0 Å². The molecule has 0 bridgehead atoms. The fourth-order valence-corrected chi connectivity index (χ4v) is 1.67. The van der Waals surface area contributed by atoms with Crippen LogP contribution in [0.3, 0.4) is 0 Å². The quantitative estimate of drug-likeness (QED) is 0.383. The van der Waals surface area contributed by atoms with Crippen molar-refractivity contribution in [2.45, 2.75) is 59.0 Å². The van der Waals surface area contributed by atoms with Gasteiger partial charge in [0, 0.05) is 25.6 Å². The Morgan fingerprint density at radius 3 is 2.52 bits per heavy atom. The molecule has 1 aromatic heterocycles. The Labute approximate surface area is 168 Å². The number of guanidine groups is 1. The van der Waals surface area contributed by atoms with Gasteiger partial charge in [0.15, 0.2) is 5.96 Å². The van der Waals surface area contributed by atoms with Crippen LogP contribution in [0.25, 0.3) is 0 Å². The lowest BCUT2D eigenvalue weighted by atomic mass is 9.94. The third kappa shape index (κ3) is 8.55. The molecule has 0 aromatic carbocycles. The van der Waals surface area contributed by atoms with E-state index in [9.17, 15) is 4.79 Å². The number of hydrogen-bond acceptors (Lipinski definition) is 4. The van der Waals surface area contributed by atoms with E-state index in [2.05, 4.69) is 55.2 Å². The van der Waals surface area contributed by atoms with Crippen LogP contribution in [0.2, 0.25) is 0 Å². The number of halogens is 1. The maximum absolute atomic E-state index is 11.7. The van der Waals surface area contributed by atoms with Gasteiger partial charge in [0.1, 0.15) is 12.3 Å². The molecule has 2 N–H and O–H groups in total. The predicted molar refractivity (Wildman–Crippen MR) is 111 cm³/mol. The molecule has 144 valence electrons. The van der Waals surface area contributed by atoms with Crippen LogP contribution >= 0.6 is 24.0 Å². The molecule has 1 aromatic rings. The number of aromatic nitrogens is 1. The molecule has 0 aliphatic heterocycles. The number of likely N-dealkylation sites (N-methyl/N-ethyl adjacent to an activating group) is 1. The number of carbonyl (C=O) groups is 1. The lowest BCUT2D eigenvalue weighted by Crippen LogP contribution is -2.42. The number of aliphatic imine (C=N–C) groups is 1. The van der Waals surface area contributed by atoms with Crippen LogP contribution in [0.1, 0.15) is 52.7 Å². The zero-order chi connectivity index (χ0) is 18.3. The van der Waals surface area contributed by atoms with Crippen LogP contribution in [0, 0.1) is 0 Å². The van der Waals surface area contributed by atoms with Gasteiger partial charge in [0.05, 0.1) is 12.7 Å². The smallest absolute Gasteiger partial charge is 0.243 e. The zero-order valence-electron chi connectivity index (χ0n) is 16.3. The highest BCUT2D eigenvalue weighted by molar-refractivity contribution is 14.0. The van der Waals surface area contributed by atoms with Crippen LogP contribution in [0.4, 0.5) is 0 Å². The maximum atomic E-state index is 11.7. The summed E-state index contributed by atoms with van der Waals surface area (Å²) in [5, 5.41) is 6.44. The molecule has 0 aliphatic carbocycles. The summed E-state index contributed by atoms with van der Waals surface area (Å²) in [6.07, 6.45) is 2.71. The number of nitrogens with zero attached hydrogens (tertiary/aromatic N) is 3. The summed E-state index contributed by atoms with van der Waals surface area (Å²) in [7, 11) is 3.43. The Bertz CT molecular complexity index is 564. The largest absolute Gasteiger partial charge is 0.443 e.